The Morgan fingerprint density at radius 3 is 2.52 bits per heavy atom. The molecule has 2 heterocycles. The van der Waals surface area contributed by atoms with Gasteiger partial charge >= 0.3 is 5.97 Å². The lowest BCUT2D eigenvalue weighted by molar-refractivity contribution is -0.245. The van der Waals surface area contributed by atoms with E-state index >= 15 is 0 Å². The van der Waals surface area contributed by atoms with Crippen molar-refractivity contribution in [3.8, 4) is 11.4 Å². The van der Waals surface area contributed by atoms with E-state index in [-0.39, 0.29) is 37.4 Å². The van der Waals surface area contributed by atoms with Gasteiger partial charge in [-0.15, -0.1) is 5.10 Å². The molecule has 0 unspecified atom stereocenters. The number of aromatic hydroxyl groups is 1. The zero-order valence-corrected chi connectivity index (χ0v) is 23.2. The van der Waals surface area contributed by atoms with E-state index in [1.54, 1.807) is 47.1 Å². The number of carbonyl (C=O) groups excluding carboxylic acids is 1. The highest BCUT2D eigenvalue weighted by molar-refractivity contribution is 7.99. The van der Waals surface area contributed by atoms with E-state index in [0.717, 1.165) is 11.1 Å². The fourth-order valence-electron chi connectivity index (χ4n) is 4.42. The number of phenols is 1. The van der Waals surface area contributed by atoms with E-state index in [4.69, 9.17) is 14.6 Å². The highest BCUT2D eigenvalue weighted by atomic mass is 32.2. The molecule has 0 bridgehead atoms. The third-order valence-electron chi connectivity index (χ3n) is 6.56. The molecule has 4 N–H and O–H groups in total. The highest BCUT2D eigenvalue weighted by Crippen LogP contribution is 2.40. The molecule has 42 heavy (non-hydrogen) atoms. The molecule has 0 saturated carbocycles. The minimum Gasteiger partial charge on any atom is -0.508 e. The Hall–Kier alpha value is -4.30. The van der Waals surface area contributed by atoms with E-state index in [0.29, 0.717) is 34.3 Å². The molecule has 1 saturated heterocycles. The third kappa shape index (κ3) is 7.50. The van der Waals surface area contributed by atoms with Crippen molar-refractivity contribution in [1.82, 2.24) is 20.2 Å². The second-order valence-corrected chi connectivity index (χ2v) is 10.6. The van der Waals surface area contributed by atoms with E-state index < -0.39 is 18.2 Å². The predicted octanol–water partition coefficient (Wildman–Crippen LogP) is 4.00. The number of rotatable bonds is 11. The van der Waals surface area contributed by atoms with Gasteiger partial charge in [-0.25, -0.2) is 0 Å². The number of ether oxygens (including phenoxy) is 2. The number of benzene rings is 3. The largest absolute Gasteiger partial charge is 0.508 e. The van der Waals surface area contributed by atoms with Crippen LogP contribution < -0.4 is 5.32 Å². The normalized spacial score (nSPS) is 18.5. The summed E-state index contributed by atoms with van der Waals surface area (Å²) in [6.45, 7) is -0.0580. The number of carbonyl (C=O) groups is 2. The second kappa shape index (κ2) is 13.6. The average molecular weight is 592 g/mol. The van der Waals surface area contributed by atoms with Crippen molar-refractivity contribution in [3.63, 3.8) is 0 Å². The lowest BCUT2D eigenvalue weighted by Crippen LogP contribution is -2.31. The summed E-state index contributed by atoms with van der Waals surface area (Å²) in [5.74, 6) is -0.788. The van der Waals surface area contributed by atoms with Crippen LogP contribution in [0.15, 0.2) is 78.0 Å². The number of carboxylic acid groups (broad SMARTS) is 1. The van der Waals surface area contributed by atoms with Crippen LogP contribution in [0.2, 0.25) is 0 Å². The number of nitrogens with zero attached hydrogens (tertiary/aromatic N) is 4. The van der Waals surface area contributed by atoms with Gasteiger partial charge < -0.3 is 30.1 Å². The minimum atomic E-state index is -1.04. The van der Waals surface area contributed by atoms with Crippen molar-refractivity contribution >= 4 is 29.3 Å². The molecule has 0 spiro atoms. The predicted molar refractivity (Wildman–Crippen MR) is 152 cm³/mol. The number of aliphatic carboxylic acids is 1. The maximum atomic E-state index is 12.2. The Morgan fingerprint density at radius 1 is 1.00 bits per heavy atom. The summed E-state index contributed by atoms with van der Waals surface area (Å²) < 4.78 is 14.4. The number of amides is 1. The Bertz CT molecular complexity index is 1510. The summed E-state index contributed by atoms with van der Waals surface area (Å²) in [7, 11) is 0. The van der Waals surface area contributed by atoms with Crippen LogP contribution in [0.5, 0.6) is 5.75 Å². The lowest BCUT2D eigenvalue weighted by Gasteiger charge is -2.36. The summed E-state index contributed by atoms with van der Waals surface area (Å²) in [6.07, 6.45) is -1.18. The van der Waals surface area contributed by atoms with Crippen LogP contribution in [0, 0.1) is 0 Å². The molecule has 218 valence electrons. The summed E-state index contributed by atoms with van der Waals surface area (Å²) >= 11 is 1.42. The standard InChI is InChI=1S/C29H29N5O7S/c35-16-18-4-6-19(7-5-18)25-15-24(17-42-29-31-32-33-34(29)22-8-10-23(36)11-9-22)40-28(41-25)20-2-1-3-21(14-20)30-26(37)12-13-27(38)39/h1-11,14,24-25,28,35-36H,12-13,15-17H2,(H,30,37)(H,38,39)/t24-,25+,28+/m1/s1. The molecular weight excluding hydrogens is 562 g/mol. The monoisotopic (exact) mass is 591 g/mol. The number of carboxylic acids is 1. The van der Waals surface area contributed by atoms with Crippen LogP contribution >= 0.6 is 11.8 Å². The van der Waals surface area contributed by atoms with E-state index in [2.05, 4.69) is 20.8 Å². The zero-order valence-electron chi connectivity index (χ0n) is 22.4. The van der Waals surface area contributed by atoms with Crippen LogP contribution in [0.3, 0.4) is 0 Å². The van der Waals surface area contributed by atoms with E-state index in [9.17, 15) is 19.8 Å². The topological polar surface area (TPSA) is 169 Å². The van der Waals surface area contributed by atoms with Crippen LogP contribution in [-0.4, -0.2) is 59.3 Å². The number of nitrogens with one attached hydrogen (secondary N) is 1. The number of aliphatic hydroxyl groups excluding tert-OH is 1. The smallest absolute Gasteiger partial charge is 0.303 e. The fourth-order valence-corrected chi connectivity index (χ4v) is 5.33. The van der Waals surface area contributed by atoms with Crippen LogP contribution in [0.4, 0.5) is 5.69 Å². The third-order valence-corrected chi connectivity index (χ3v) is 7.61. The van der Waals surface area contributed by atoms with Crippen molar-refractivity contribution in [2.24, 2.45) is 0 Å². The quantitative estimate of drug-likeness (QED) is 0.186. The van der Waals surface area contributed by atoms with Gasteiger partial charge in [-0.05, 0) is 58.0 Å². The van der Waals surface area contributed by atoms with Gasteiger partial charge in [-0.1, -0.05) is 48.2 Å². The number of phenolic OH excluding ortho intramolecular Hbond substituents is 1. The van der Waals surface area contributed by atoms with Gasteiger partial charge in [0, 0.05) is 29.8 Å². The lowest BCUT2D eigenvalue weighted by atomic mass is 10.0. The molecule has 1 aliphatic heterocycles. The maximum Gasteiger partial charge on any atom is 0.303 e. The molecule has 0 aliphatic carbocycles. The van der Waals surface area contributed by atoms with E-state index in [1.165, 1.54) is 11.8 Å². The van der Waals surface area contributed by atoms with Crippen LogP contribution in [-0.2, 0) is 25.7 Å². The first-order valence-electron chi connectivity index (χ1n) is 13.2. The maximum absolute atomic E-state index is 12.2. The average Bonchev–Trinajstić information content (AvgIpc) is 3.48. The Morgan fingerprint density at radius 2 is 1.79 bits per heavy atom. The van der Waals surface area contributed by atoms with Gasteiger partial charge in [0.15, 0.2) is 6.29 Å². The molecule has 13 heteroatoms. The Labute approximate surface area is 245 Å². The second-order valence-electron chi connectivity index (χ2n) is 9.62. The molecule has 1 aliphatic rings. The Balaban J connectivity index is 1.34. The van der Waals surface area contributed by atoms with Crippen molar-refractivity contribution in [3.05, 3.63) is 89.5 Å². The number of aromatic nitrogens is 4. The first-order valence-corrected chi connectivity index (χ1v) is 14.2. The molecule has 12 nitrogen and oxygen atoms in total. The summed E-state index contributed by atoms with van der Waals surface area (Å²) in [6, 6.07) is 21.2. The molecule has 1 aromatic heterocycles. The summed E-state index contributed by atoms with van der Waals surface area (Å²) in [4.78, 5) is 23.0. The molecule has 4 aromatic rings. The van der Waals surface area contributed by atoms with Gasteiger partial charge in [0.05, 0.1) is 30.9 Å². The van der Waals surface area contributed by atoms with Crippen molar-refractivity contribution in [2.75, 3.05) is 11.1 Å². The first-order chi connectivity index (χ1) is 20.4. The summed E-state index contributed by atoms with van der Waals surface area (Å²) in [5.41, 5.74) is 3.62. The van der Waals surface area contributed by atoms with Gasteiger partial charge in [0.25, 0.3) is 0 Å². The fraction of sp³-hybridized carbons (Fsp3) is 0.276. The first kappa shape index (κ1) is 29.2. The van der Waals surface area contributed by atoms with Gasteiger partial charge in [-0.2, -0.15) is 4.68 Å². The number of aliphatic hydroxyl groups is 1. The summed E-state index contributed by atoms with van der Waals surface area (Å²) in [5, 5.41) is 43.3. The molecule has 3 atom stereocenters. The minimum absolute atomic E-state index is 0.0580. The van der Waals surface area contributed by atoms with Gasteiger partial charge in [0.1, 0.15) is 5.75 Å². The SMILES string of the molecule is O=C(O)CCC(=O)Nc1cccc([C@H]2O[C@@H](CSc3nnnn3-c3ccc(O)cc3)C[C@@H](c3ccc(CO)cc3)O2)c1. The van der Waals surface area contributed by atoms with Gasteiger partial charge in [0.2, 0.25) is 11.1 Å². The Kier molecular flexibility index (Phi) is 9.44. The van der Waals surface area contributed by atoms with Crippen molar-refractivity contribution < 1.29 is 34.4 Å². The van der Waals surface area contributed by atoms with Crippen LogP contribution in [0.25, 0.3) is 5.69 Å². The molecule has 1 fully saturated rings. The number of anilines is 1. The number of tetrazole rings is 1. The van der Waals surface area contributed by atoms with Crippen molar-refractivity contribution in [1.29, 1.82) is 0 Å². The number of hydrogen-bond acceptors (Lipinski definition) is 10. The molecular formula is C29H29N5O7S. The highest BCUT2D eigenvalue weighted by Gasteiger charge is 2.33. The zero-order chi connectivity index (χ0) is 29.5. The number of hydrogen-bond donors (Lipinski definition) is 4. The molecule has 3 aromatic carbocycles. The van der Waals surface area contributed by atoms with Crippen LogP contribution in [0.1, 0.15) is 48.3 Å². The van der Waals surface area contributed by atoms with Crippen molar-refractivity contribution in [2.45, 2.75) is 49.5 Å². The van der Waals surface area contributed by atoms with E-state index in [1.807, 2.05) is 30.3 Å². The molecule has 1 amide bonds. The molecule has 0 radical (unpaired) electrons. The molecule has 5 rings (SSSR count). The number of thioether (sulfide) groups is 1. The van der Waals surface area contributed by atoms with Gasteiger partial charge in [-0.3, -0.25) is 9.59 Å².